The van der Waals surface area contributed by atoms with Gasteiger partial charge >= 0.3 is 5.97 Å². The molecule has 0 radical (unpaired) electrons. The van der Waals surface area contributed by atoms with Crippen LogP contribution in [0, 0.1) is 0 Å². The summed E-state index contributed by atoms with van der Waals surface area (Å²) in [6.45, 7) is 3.68. The highest BCUT2D eigenvalue weighted by Crippen LogP contribution is 1.84. The highest BCUT2D eigenvalue weighted by Gasteiger charge is 2.05. The van der Waals surface area contributed by atoms with E-state index in [2.05, 4.69) is 5.32 Å². The average Bonchev–Trinajstić information content (AvgIpc) is 2.06. The zero-order valence-electron chi connectivity index (χ0n) is 7.56. The van der Waals surface area contributed by atoms with E-state index >= 15 is 0 Å². The molecule has 0 aromatic heterocycles. The minimum absolute atomic E-state index is 0.0752. The Hall–Kier alpha value is -0.690. The van der Waals surface area contributed by atoms with Crippen molar-refractivity contribution in [3.63, 3.8) is 0 Å². The van der Waals surface area contributed by atoms with Gasteiger partial charge in [0.05, 0.1) is 6.61 Å². The molecule has 2 unspecified atom stereocenters. The van der Waals surface area contributed by atoms with Crippen LogP contribution in [0.25, 0.3) is 0 Å². The van der Waals surface area contributed by atoms with Crippen molar-refractivity contribution in [1.82, 2.24) is 5.32 Å². The Balaban J connectivity index is 0.000000226. The van der Waals surface area contributed by atoms with E-state index in [1.54, 1.807) is 0 Å². The number of hydrogen-bond acceptors (Lipinski definition) is 5. The normalized spacial score (nSPS) is 24.1. The molecule has 1 saturated heterocycles. The number of hydrogen-bond donors (Lipinski definition) is 4. The minimum atomic E-state index is -1.23. The van der Waals surface area contributed by atoms with Gasteiger partial charge in [0.1, 0.15) is 12.3 Å². The number of carbonyl (C=O) groups is 1. The molecule has 1 aliphatic rings. The fraction of sp³-hybridized carbons (Fsp3) is 0.857. The number of aliphatic hydroxyl groups excluding tert-OH is 1. The van der Waals surface area contributed by atoms with Gasteiger partial charge in [0, 0.05) is 13.1 Å². The summed E-state index contributed by atoms with van der Waals surface area (Å²) in [7, 11) is 0. The van der Waals surface area contributed by atoms with Crippen molar-refractivity contribution in [3.05, 3.63) is 0 Å². The predicted octanol–water partition coefficient (Wildman–Crippen LogP) is -1.66. The molecule has 0 aromatic rings. The van der Waals surface area contributed by atoms with Crippen LogP contribution in [0.5, 0.6) is 0 Å². The van der Waals surface area contributed by atoms with Gasteiger partial charge in [0.15, 0.2) is 0 Å². The van der Waals surface area contributed by atoms with E-state index in [9.17, 15) is 4.79 Å². The van der Waals surface area contributed by atoms with Gasteiger partial charge in [-0.1, -0.05) is 0 Å². The highest BCUT2D eigenvalue weighted by atomic mass is 16.5. The summed E-state index contributed by atoms with van der Waals surface area (Å²) in [5.41, 5.74) is 5.35. The fourth-order valence-electron chi connectivity index (χ4n) is 0.586. The van der Waals surface area contributed by atoms with Crippen LogP contribution in [0.4, 0.5) is 0 Å². The third-order valence-corrected chi connectivity index (χ3v) is 1.31. The Morgan fingerprint density at radius 2 is 2.31 bits per heavy atom. The number of aliphatic hydroxyl groups is 1. The maximum absolute atomic E-state index is 9.45. The number of aliphatic carboxylic acids is 1. The first kappa shape index (κ1) is 12.3. The van der Waals surface area contributed by atoms with Crippen LogP contribution in [0.2, 0.25) is 0 Å². The maximum atomic E-state index is 9.45. The summed E-state index contributed by atoms with van der Waals surface area (Å²) in [6, 6.07) is 0. The second-order valence-electron chi connectivity index (χ2n) is 2.63. The van der Waals surface area contributed by atoms with Crippen molar-refractivity contribution in [3.8, 4) is 0 Å². The smallest absolute Gasteiger partial charge is 0.332 e. The fourth-order valence-corrected chi connectivity index (χ4v) is 0.586. The number of carboxylic acid groups (broad SMARTS) is 1. The van der Waals surface area contributed by atoms with Gasteiger partial charge in [-0.05, 0) is 6.92 Å². The molecule has 1 fully saturated rings. The standard InChI is InChI=1S/C4H10N2O.C3H6O3/c5-4-3-6-1-2-7-4;1-2(4)3(5)6/h4,6H,1-3,5H2;2,4H,1H3,(H,5,6). The molecule has 1 heterocycles. The molecule has 78 valence electrons. The van der Waals surface area contributed by atoms with Gasteiger partial charge in [0.25, 0.3) is 0 Å². The van der Waals surface area contributed by atoms with Gasteiger partial charge in [-0.25, -0.2) is 4.79 Å². The predicted molar refractivity (Wildman–Crippen MR) is 46.1 cm³/mol. The maximum Gasteiger partial charge on any atom is 0.332 e. The average molecular weight is 192 g/mol. The summed E-state index contributed by atoms with van der Waals surface area (Å²) < 4.78 is 4.99. The molecule has 0 amide bonds. The van der Waals surface area contributed by atoms with Gasteiger partial charge in [-0.3, -0.25) is 0 Å². The Morgan fingerprint density at radius 3 is 2.46 bits per heavy atom. The molecule has 13 heavy (non-hydrogen) atoms. The van der Waals surface area contributed by atoms with Crippen molar-refractivity contribution in [2.24, 2.45) is 5.73 Å². The van der Waals surface area contributed by atoms with Crippen molar-refractivity contribution in [2.45, 2.75) is 19.3 Å². The largest absolute Gasteiger partial charge is 0.479 e. The molecule has 1 aliphatic heterocycles. The monoisotopic (exact) mass is 192 g/mol. The van der Waals surface area contributed by atoms with Crippen LogP contribution in [0.15, 0.2) is 0 Å². The lowest BCUT2D eigenvalue weighted by Gasteiger charge is -2.18. The van der Waals surface area contributed by atoms with E-state index in [4.69, 9.17) is 20.7 Å². The van der Waals surface area contributed by atoms with E-state index in [1.165, 1.54) is 6.92 Å². The Morgan fingerprint density at radius 1 is 1.77 bits per heavy atom. The molecular formula is C7H16N2O4. The summed E-state index contributed by atoms with van der Waals surface area (Å²) in [4.78, 5) is 9.45. The van der Waals surface area contributed by atoms with Crippen molar-refractivity contribution in [2.75, 3.05) is 19.7 Å². The highest BCUT2D eigenvalue weighted by molar-refractivity contribution is 5.71. The van der Waals surface area contributed by atoms with E-state index in [0.29, 0.717) is 0 Å². The topological polar surface area (TPSA) is 105 Å². The van der Waals surface area contributed by atoms with Gasteiger partial charge in [-0.15, -0.1) is 0 Å². The Kier molecular flexibility index (Phi) is 6.43. The number of ether oxygens (including phenoxy) is 1. The Labute approximate surface area is 76.7 Å². The van der Waals surface area contributed by atoms with Crippen molar-refractivity contribution >= 4 is 5.97 Å². The first-order valence-corrected chi connectivity index (χ1v) is 4.03. The van der Waals surface area contributed by atoms with Crippen LogP contribution in [0.1, 0.15) is 6.92 Å². The second kappa shape index (κ2) is 6.79. The van der Waals surface area contributed by atoms with Gasteiger partial charge < -0.3 is 26.0 Å². The summed E-state index contributed by atoms with van der Waals surface area (Å²) in [5, 5.41) is 18.9. The molecule has 0 saturated carbocycles. The zero-order valence-corrected chi connectivity index (χ0v) is 7.56. The summed E-state index contributed by atoms with van der Waals surface area (Å²) >= 11 is 0. The first-order chi connectivity index (χ1) is 6.04. The number of nitrogens with two attached hydrogens (primary N) is 1. The van der Waals surface area contributed by atoms with Crippen LogP contribution in [-0.4, -0.2) is 48.2 Å². The molecular weight excluding hydrogens is 176 g/mol. The lowest BCUT2D eigenvalue weighted by molar-refractivity contribution is -0.145. The third-order valence-electron chi connectivity index (χ3n) is 1.31. The molecule has 6 heteroatoms. The van der Waals surface area contributed by atoms with Crippen LogP contribution in [-0.2, 0) is 9.53 Å². The molecule has 2 atom stereocenters. The first-order valence-electron chi connectivity index (χ1n) is 4.03. The molecule has 0 aromatic carbocycles. The summed E-state index contributed by atoms with van der Waals surface area (Å²) in [5.74, 6) is -1.19. The molecule has 0 spiro atoms. The van der Waals surface area contributed by atoms with E-state index < -0.39 is 12.1 Å². The van der Waals surface area contributed by atoms with E-state index in [1.807, 2.05) is 0 Å². The third kappa shape index (κ3) is 7.66. The van der Waals surface area contributed by atoms with Gasteiger partial charge in [-0.2, -0.15) is 0 Å². The lowest BCUT2D eigenvalue weighted by atomic mass is 10.4. The van der Waals surface area contributed by atoms with Crippen LogP contribution >= 0.6 is 0 Å². The molecule has 1 rings (SSSR count). The van der Waals surface area contributed by atoms with Crippen LogP contribution < -0.4 is 11.1 Å². The van der Waals surface area contributed by atoms with Crippen molar-refractivity contribution < 1.29 is 19.7 Å². The number of carboxylic acids is 1. The SMILES string of the molecule is CC(O)C(=O)O.NC1CNCCO1. The minimum Gasteiger partial charge on any atom is -0.479 e. The number of rotatable bonds is 1. The molecule has 0 bridgehead atoms. The zero-order chi connectivity index (χ0) is 10.3. The van der Waals surface area contributed by atoms with E-state index in [0.717, 1.165) is 19.7 Å². The number of nitrogens with one attached hydrogen (secondary N) is 1. The van der Waals surface area contributed by atoms with E-state index in [-0.39, 0.29) is 6.23 Å². The van der Waals surface area contributed by atoms with Gasteiger partial charge in [0.2, 0.25) is 0 Å². The van der Waals surface area contributed by atoms with Crippen LogP contribution in [0.3, 0.4) is 0 Å². The molecule has 6 nitrogen and oxygen atoms in total. The molecule has 0 aliphatic carbocycles. The second-order valence-corrected chi connectivity index (χ2v) is 2.63. The molecule has 5 N–H and O–H groups in total. The summed E-state index contributed by atoms with van der Waals surface area (Å²) in [6.07, 6.45) is -1.31. The quantitative estimate of drug-likeness (QED) is 0.396. The van der Waals surface area contributed by atoms with Crippen molar-refractivity contribution in [1.29, 1.82) is 0 Å². The number of morpholine rings is 1. The lowest BCUT2D eigenvalue weighted by Crippen LogP contribution is -2.43. The Bertz CT molecular complexity index is 145.